The van der Waals surface area contributed by atoms with Crippen LogP contribution < -0.4 is 0 Å². The normalized spacial score (nSPS) is 10.8. The second-order valence-corrected chi connectivity index (χ2v) is 4.45. The van der Waals surface area contributed by atoms with Crippen molar-refractivity contribution in [2.45, 2.75) is 13.0 Å². The lowest BCUT2D eigenvalue weighted by molar-refractivity contribution is 0.00988. The molecule has 0 radical (unpaired) electrons. The quantitative estimate of drug-likeness (QED) is 0.880. The molecule has 1 N–H and O–H groups in total. The molecule has 3 nitrogen and oxygen atoms in total. The van der Waals surface area contributed by atoms with Crippen LogP contribution in [0, 0.1) is 0 Å². The summed E-state index contributed by atoms with van der Waals surface area (Å²) in [6.07, 6.45) is -2.48. The van der Waals surface area contributed by atoms with Crippen molar-refractivity contribution >= 4 is 5.97 Å². The third-order valence-corrected chi connectivity index (χ3v) is 2.93. The Morgan fingerprint density at radius 3 is 2.38 bits per heavy atom. The van der Waals surface area contributed by atoms with Gasteiger partial charge in [-0.05, 0) is 22.8 Å². The number of alkyl halides is 2. The molecule has 0 aromatic heterocycles. The highest BCUT2D eigenvalue weighted by Crippen LogP contribution is 2.24. The molecule has 21 heavy (non-hydrogen) atoms. The molecule has 2 aromatic carbocycles. The number of carbonyl (C=O) groups is 1. The first-order valence-corrected chi connectivity index (χ1v) is 6.35. The fraction of sp³-hybridized carbons (Fsp3) is 0.188. The molecule has 0 aliphatic carbocycles. The van der Waals surface area contributed by atoms with Crippen LogP contribution in [-0.2, 0) is 11.3 Å². The highest BCUT2D eigenvalue weighted by molar-refractivity contribution is 5.95. The van der Waals surface area contributed by atoms with Crippen LogP contribution in [0.2, 0.25) is 0 Å². The molecule has 0 spiro atoms. The van der Waals surface area contributed by atoms with E-state index in [2.05, 4.69) is 0 Å². The van der Waals surface area contributed by atoms with Crippen molar-refractivity contribution in [1.29, 1.82) is 0 Å². The molecule has 2 rings (SSSR count). The maximum Gasteiger partial charge on any atom is 0.336 e. The molecule has 110 valence electrons. The molecule has 2 aromatic rings. The van der Waals surface area contributed by atoms with Crippen molar-refractivity contribution in [3.63, 3.8) is 0 Å². The second-order valence-electron chi connectivity index (χ2n) is 4.45. The summed E-state index contributed by atoms with van der Waals surface area (Å²) in [6.45, 7) is -0.491. The Morgan fingerprint density at radius 2 is 1.76 bits per heavy atom. The van der Waals surface area contributed by atoms with Gasteiger partial charge < -0.3 is 9.84 Å². The lowest BCUT2D eigenvalue weighted by atomic mass is 9.99. The summed E-state index contributed by atoms with van der Waals surface area (Å²) >= 11 is 0. The van der Waals surface area contributed by atoms with E-state index in [1.165, 1.54) is 6.07 Å². The predicted octanol–water partition coefficient (Wildman–Crippen LogP) is 3.83. The second kappa shape index (κ2) is 6.95. The molecule has 0 aliphatic heterocycles. The van der Waals surface area contributed by atoms with Gasteiger partial charge in [-0.25, -0.2) is 13.6 Å². The Bertz CT molecular complexity index is 609. The van der Waals surface area contributed by atoms with Gasteiger partial charge in [0.1, 0.15) is 6.61 Å². The molecule has 0 heterocycles. The number of carboxylic acids is 1. The van der Waals surface area contributed by atoms with Gasteiger partial charge in [-0.15, -0.1) is 0 Å². The summed E-state index contributed by atoms with van der Waals surface area (Å²) in [5.74, 6) is -0.991. The van der Waals surface area contributed by atoms with E-state index in [1.54, 1.807) is 42.5 Å². The molecule has 0 atom stereocenters. The van der Waals surface area contributed by atoms with Gasteiger partial charge >= 0.3 is 5.97 Å². The van der Waals surface area contributed by atoms with E-state index >= 15 is 0 Å². The van der Waals surface area contributed by atoms with Gasteiger partial charge in [0.2, 0.25) is 0 Å². The fourth-order valence-electron chi connectivity index (χ4n) is 1.97. The van der Waals surface area contributed by atoms with Crippen LogP contribution in [-0.4, -0.2) is 24.1 Å². The lowest BCUT2D eigenvalue weighted by Gasteiger charge is -2.08. The van der Waals surface area contributed by atoms with Gasteiger partial charge in [0.05, 0.1) is 12.2 Å². The summed E-state index contributed by atoms with van der Waals surface area (Å²) in [6, 6.07) is 13.7. The van der Waals surface area contributed by atoms with Crippen molar-refractivity contribution in [2.75, 3.05) is 6.61 Å². The van der Waals surface area contributed by atoms with Gasteiger partial charge in [0.25, 0.3) is 6.43 Å². The van der Waals surface area contributed by atoms with Crippen molar-refractivity contribution < 1.29 is 23.4 Å². The van der Waals surface area contributed by atoms with Crippen LogP contribution in [0.15, 0.2) is 48.5 Å². The van der Waals surface area contributed by atoms with E-state index in [1.807, 2.05) is 0 Å². The number of benzene rings is 2. The van der Waals surface area contributed by atoms with Crippen LogP contribution in [0.25, 0.3) is 11.1 Å². The summed E-state index contributed by atoms with van der Waals surface area (Å²) < 4.78 is 28.8. The number of rotatable bonds is 6. The topological polar surface area (TPSA) is 46.5 Å². The fourth-order valence-corrected chi connectivity index (χ4v) is 1.97. The Labute approximate surface area is 120 Å². The van der Waals surface area contributed by atoms with Crippen LogP contribution in [0.5, 0.6) is 0 Å². The number of hydrogen-bond acceptors (Lipinski definition) is 2. The lowest BCUT2D eigenvalue weighted by Crippen LogP contribution is -2.04. The van der Waals surface area contributed by atoms with E-state index in [4.69, 9.17) is 9.84 Å². The molecule has 0 aliphatic rings. The molecule has 0 bridgehead atoms. The SMILES string of the molecule is O=C(O)c1ccccc1-c1ccc(COCC(F)F)cc1. The number of aromatic carboxylic acids is 1. The van der Waals surface area contributed by atoms with Crippen LogP contribution in [0.1, 0.15) is 15.9 Å². The highest BCUT2D eigenvalue weighted by Gasteiger charge is 2.10. The molecule has 0 saturated heterocycles. The zero-order chi connectivity index (χ0) is 15.2. The zero-order valence-corrected chi connectivity index (χ0v) is 11.1. The molecule has 0 saturated carbocycles. The average Bonchev–Trinajstić information content (AvgIpc) is 2.47. The van der Waals surface area contributed by atoms with Gasteiger partial charge in [-0.1, -0.05) is 42.5 Å². The Morgan fingerprint density at radius 1 is 1.10 bits per heavy atom. The van der Waals surface area contributed by atoms with Gasteiger partial charge in [-0.3, -0.25) is 0 Å². The van der Waals surface area contributed by atoms with E-state index in [9.17, 15) is 13.6 Å². The summed E-state index contributed by atoms with van der Waals surface area (Å²) in [5, 5.41) is 9.16. The van der Waals surface area contributed by atoms with E-state index in [0.29, 0.717) is 5.56 Å². The minimum absolute atomic E-state index is 0.102. The Kier molecular flexibility index (Phi) is 5.00. The number of hydrogen-bond donors (Lipinski definition) is 1. The van der Waals surface area contributed by atoms with Crippen LogP contribution in [0.4, 0.5) is 8.78 Å². The van der Waals surface area contributed by atoms with E-state index < -0.39 is 19.0 Å². The van der Waals surface area contributed by atoms with Crippen molar-refractivity contribution in [1.82, 2.24) is 0 Å². The number of halogens is 2. The van der Waals surface area contributed by atoms with E-state index in [0.717, 1.165) is 11.1 Å². The summed E-state index contributed by atoms with van der Waals surface area (Å²) in [7, 11) is 0. The number of carboxylic acid groups (broad SMARTS) is 1. The molecule has 5 heteroatoms. The third-order valence-electron chi connectivity index (χ3n) is 2.93. The predicted molar refractivity (Wildman–Crippen MR) is 74.5 cm³/mol. The molecule has 0 fully saturated rings. The largest absolute Gasteiger partial charge is 0.478 e. The Balaban J connectivity index is 2.14. The Hall–Kier alpha value is -2.27. The first kappa shape index (κ1) is 15.1. The standard InChI is InChI=1S/C16H14F2O3/c17-15(18)10-21-9-11-5-7-12(8-6-11)13-3-1-2-4-14(13)16(19)20/h1-8,15H,9-10H2,(H,19,20). The minimum atomic E-state index is -2.48. The monoisotopic (exact) mass is 292 g/mol. The van der Waals surface area contributed by atoms with Crippen molar-refractivity contribution in [3.8, 4) is 11.1 Å². The highest BCUT2D eigenvalue weighted by atomic mass is 19.3. The molecule has 0 unspecified atom stereocenters. The maximum atomic E-state index is 12.0. The zero-order valence-electron chi connectivity index (χ0n) is 11.1. The minimum Gasteiger partial charge on any atom is -0.478 e. The smallest absolute Gasteiger partial charge is 0.336 e. The third kappa shape index (κ3) is 4.10. The van der Waals surface area contributed by atoms with Gasteiger partial charge in [0.15, 0.2) is 0 Å². The molecular formula is C16H14F2O3. The van der Waals surface area contributed by atoms with Crippen molar-refractivity contribution in [3.05, 3.63) is 59.7 Å². The first-order chi connectivity index (χ1) is 10.1. The summed E-state index contributed by atoms with van der Waals surface area (Å²) in [5.41, 5.74) is 2.35. The van der Waals surface area contributed by atoms with Gasteiger partial charge in [-0.2, -0.15) is 0 Å². The van der Waals surface area contributed by atoms with E-state index in [-0.39, 0.29) is 12.2 Å². The molecular weight excluding hydrogens is 278 g/mol. The first-order valence-electron chi connectivity index (χ1n) is 6.35. The summed E-state index contributed by atoms with van der Waals surface area (Å²) in [4.78, 5) is 11.2. The van der Waals surface area contributed by atoms with Gasteiger partial charge in [0, 0.05) is 0 Å². The average molecular weight is 292 g/mol. The maximum absolute atomic E-state index is 12.0. The van der Waals surface area contributed by atoms with Crippen LogP contribution >= 0.6 is 0 Å². The van der Waals surface area contributed by atoms with Crippen LogP contribution in [0.3, 0.4) is 0 Å². The number of ether oxygens (including phenoxy) is 1. The molecule has 0 amide bonds. The van der Waals surface area contributed by atoms with Crippen molar-refractivity contribution in [2.24, 2.45) is 0 Å².